The average molecular weight is 478 g/mol. The molecule has 35 heavy (non-hydrogen) atoms. The van der Waals surface area contributed by atoms with Crippen molar-refractivity contribution in [2.24, 2.45) is 17.8 Å². The Morgan fingerprint density at radius 2 is 1.46 bits per heavy atom. The zero-order valence-corrected chi connectivity index (χ0v) is 20.2. The van der Waals surface area contributed by atoms with Crippen LogP contribution in [-0.4, -0.2) is 38.7 Å². The summed E-state index contributed by atoms with van der Waals surface area (Å²) in [6.07, 6.45) is 8.16. The van der Waals surface area contributed by atoms with Gasteiger partial charge in [0.25, 0.3) is 5.91 Å². The van der Waals surface area contributed by atoms with Gasteiger partial charge in [-0.2, -0.15) is 0 Å². The highest BCUT2D eigenvalue weighted by atomic mass is 16.5. The number of rotatable bonds is 7. The van der Waals surface area contributed by atoms with E-state index in [0.29, 0.717) is 11.2 Å². The first-order valence-corrected chi connectivity index (χ1v) is 12.2. The molecule has 0 aromatic heterocycles. The number of ether oxygens (including phenoxy) is 3. The third kappa shape index (κ3) is 4.64. The van der Waals surface area contributed by atoms with Crippen LogP contribution < -0.4 is 10.1 Å². The van der Waals surface area contributed by atoms with Crippen LogP contribution in [0.25, 0.3) is 0 Å². The zero-order chi connectivity index (χ0) is 24.6. The highest BCUT2D eigenvalue weighted by molar-refractivity contribution is 6.03. The second-order valence-corrected chi connectivity index (χ2v) is 10.3. The van der Waals surface area contributed by atoms with Crippen molar-refractivity contribution in [1.29, 1.82) is 0 Å². The molecular weight excluding hydrogens is 446 g/mol. The van der Waals surface area contributed by atoms with Gasteiger partial charge in [-0.05, 0) is 97.6 Å². The lowest BCUT2D eigenvalue weighted by molar-refractivity contribution is -0.118. The fourth-order valence-electron chi connectivity index (χ4n) is 6.88. The largest absolute Gasteiger partial charge is 0.484 e. The van der Waals surface area contributed by atoms with E-state index in [1.165, 1.54) is 76.5 Å². The van der Waals surface area contributed by atoms with Gasteiger partial charge in [0.05, 0.1) is 31.0 Å². The molecule has 4 aliphatic rings. The number of amides is 1. The zero-order valence-electron chi connectivity index (χ0n) is 20.2. The predicted molar refractivity (Wildman–Crippen MR) is 130 cm³/mol. The first kappa shape index (κ1) is 23.4. The van der Waals surface area contributed by atoms with Gasteiger partial charge in [-0.25, -0.2) is 9.59 Å². The molecule has 184 valence electrons. The summed E-state index contributed by atoms with van der Waals surface area (Å²) in [5.74, 6) is 1.60. The Morgan fingerprint density at radius 1 is 0.857 bits per heavy atom. The molecule has 7 heteroatoms. The molecule has 4 bridgehead atoms. The summed E-state index contributed by atoms with van der Waals surface area (Å²) in [6.45, 7) is -0.212. The molecule has 2 aromatic carbocycles. The van der Waals surface area contributed by atoms with Gasteiger partial charge in [0.15, 0.2) is 6.61 Å². The number of methoxy groups -OCH3 is 2. The number of carbonyl (C=O) groups is 3. The summed E-state index contributed by atoms with van der Waals surface area (Å²) >= 11 is 0. The molecule has 1 amide bonds. The number of esters is 2. The third-order valence-electron chi connectivity index (χ3n) is 7.99. The molecule has 2 aromatic rings. The van der Waals surface area contributed by atoms with Crippen LogP contribution in [0, 0.1) is 17.8 Å². The minimum Gasteiger partial charge on any atom is -0.484 e. The van der Waals surface area contributed by atoms with Gasteiger partial charge in [-0.3, -0.25) is 4.79 Å². The summed E-state index contributed by atoms with van der Waals surface area (Å²) in [5, 5.41) is 2.66. The number of hydrogen-bond acceptors (Lipinski definition) is 6. The smallest absolute Gasteiger partial charge is 0.340 e. The first-order chi connectivity index (χ1) is 16.9. The van der Waals surface area contributed by atoms with Crippen LogP contribution in [0.4, 0.5) is 5.69 Å². The van der Waals surface area contributed by atoms with E-state index in [1.807, 2.05) is 12.1 Å². The quantitative estimate of drug-likeness (QED) is 0.579. The van der Waals surface area contributed by atoms with Crippen LogP contribution in [0.2, 0.25) is 0 Å². The van der Waals surface area contributed by atoms with Gasteiger partial charge < -0.3 is 19.5 Å². The number of nitrogens with one attached hydrogen (secondary N) is 1. The van der Waals surface area contributed by atoms with E-state index >= 15 is 0 Å². The normalized spacial score (nSPS) is 26.2. The van der Waals surface area contributed by atoms with Gasteiger partial charge in [-0.15, -0.1) is 0 Å². The monoisotopic (exact) mass is 477 g/mol. The highest BCUT2D eigenvalue weighted by Gasteiger charge is 2.51. The van der Waals surface area contributed by atoms with Gasteiger partial charge in [0, 0.05) is 0 Å². The summed E-state index contributed by atoms with van der Waals surface area (Å²) in [5.41, 5.74) is 2.20. The lowest BCUT2D eigenvalue weighted by Crippen LogP contribution is -2.48. The van der Waals surface area contributed by atoms with Crippen molar-refractivity contribution in [3.63, 3.8) is 0 Å². The van der Waals surface area contributed by atoms with Crippen LogP contribution in [0.5, 0.6) is 5.75 Å². The molecule has 4 fully saturated rings. The molecule has 6 rings (SSSR count). The first-order valence-electron chi connectivity index (χ1n) is 12.2. The minimum absolute atomic E-state index is 0.0590. The van der Waals surface area contributed by atoms with Gasteiger partial charge in [0.2, 0.25) is 0 Å². The van der Waals surface area contributed by atoms with E-state index in [1.54, 1.807) is 0 Å². The van der Waals surface area contributed by atoms with E-state index in [2.05, 4.69) is 17.4 Å². The number of carbonyl (C=O) groups excluding carboxylic acids is 3. The van der Waals surface area contributed by atoms with Gasteiger partial charge in [0.1, 0.15) is 5.75 Å². The van der Waals surface area contributed by atoms with Crippen molar-refractivity contribution in [3.8, 4) is 5.75 Å². The SMILES string of the molecule is COC(=O)c1ccc(NC(=O)COc2ccc(C34CC5CC(CC(C5)C3)C4)cc2)c(C(=O)OC)c1. The van der Waals surface area contributed by atoms with Crippen molar-refractivity contribution < 1.29 is 28.6 Å². The van der Waals surface area contributed by atoms with E-state index in [4.69, 9.17) is 14.2 Å². The molecule has 0 unspecified atom stereocenters. The van der Waals surface area contributed by atoms with Crippen LogP contribution in [0.1, 0.15) is 64.8 Å². The average Bonchev–Trinajstić information content (AvgIpc) is 2.86. The number of anilines is 1. The molecule has 4 saturated carbocycles. The number of hydrogen-bond donors (Lipinski definition) is 1. The third-order valence-corrected chi connectivity index (χ3v) is 7.99. The summed E-state index contributed by atoms with van der Waals surface area (Å²) in [6, 6.07) is 12.5. The van der Waals surface area contributed by atoms with Crippen molar-refractivity contribution in [2.45, 2.75) is 43.9 Å². The fourth-order valence-corrected chi connectivity index (χ4v) is 6.88. The van der Waals surface area contributed by atoms with Crippen molar-refractivity contribution in [3.05, 3.63) is 59.2 Å². The van der Waals surface area contributed by atoms with Crippen LogP contribution in [-0.2, 0) is 19.7 Å². The molecule has 1 N–H and O–H groups in total. The molecule has 4 aliphatic carbocycles. The fraction of sp³-hybridized carbons (Fsp3) is 0.464. The predicted octanol–water partition coefficient (Wildman–Crippen LogP) is 4.75. The second-order valence-electron chi connectivity index (χ2n) is 10.3. The van der Waals surface area contributed by atoms with E-state index < -0.39 is 17.8 Å². The Hall–Kier alpha value is -3.35. The molecule has 0 spiro atoms. The Bertz CT molecular complexity index is 1100. The van der Waals surface area contributed by atoms with Gasteiger partial charge >= 0.3 is 11.9 Å². The summed E-state index contributed by atoms with van der Waals surface area (Å²) in [4.78, 5) is 36.5. The molecule has 0 atom stereocenters. The molecule has 0 radical (unpaired) electrons. The summed E-state index contributed by atoms with van der Waals surface area (Å²) in [7, 11) is 2.48. The maximum atomic E-state index is 12.5. The molecular formula is C28H31NO6. The molecule has 7 nitrogen and oxygen atoms in total. The van der Waals surface area contributed by atoms with E-state index in [0.717, 1.165) is 17.8 Å². The molecule has 0 aliphatic heterocycles. The van der Waals surface area contributed by atoms with Crippen LogP contribution in [0.3, 0.4) is 0 Å². The Balaban J connectivity index is 1.22. The van der Waals surface area contributed by atoms with E-state index in [9.17, 15) is 14.4 Å². The summed E-state index contributed by atoms with van der Waals surface area (Å²) < 4.78 is 15.2. The second kappa shape index (κ2) is 9.36. The Labute approximate surface area is 205 Å². The topological polar surface area (TPSA) is 90.9 Å². The van der Waals surface area contributed by atoms with E-state index in [-0.39, 0.29) is 23.4 Å². The molecule has 0 heterocycles. The standard InChI is InChI=1S/C28H31NO6/c1-33-26(31)20-3-8-24(23(12-20)27(32)34-2)29-25(30)16-35-22-6-4-21(5-7-22)28-13-17-9-18(14-28)11-19(10-17)15-28/h3-8,12,17-19H,9-11,13-16H2,1-2H3,(H,29,30). The Morgan fingerprint density at radius 3 is 2.03 bits per heavy atom. The highest BCUT2D eigenvalue weighted by Crippen LogP contribution is 2.60. The van der Waals surface area contributed by atoms with Crippen molar-refractivity contribution >= 4 is 23.5 Å². The maximum Gasteiger partial charge on any atom is 0.340 e. The minimum atomic E-state index is -0.674. The number of benzene rings is 2. The van der Waals surface area contributed by atoms with Crippen LogP contribution >= 0.6 is 0 Å². The van der Waals surface area contributed by atoms with Gasteiger partial charge in [-0.1, -0.05) is 12.1 Å². The lowest BCUT2D eigenvalue weighted by atomic mass is 9.48. The molecule has 0 saturated heterocycles. The lowest BCUT2D eigenvalue weighted by Gasteiger charge is -2.57. The van der Waals surface area contributed by atoms with Crippen molar-refractivity contribution in [2.75, 3.05) is 26.1 Å². The van der Waals surface area contributed by atoms with Crippen LogP contribution in [0.15, 0.2) is 42.5 Å². The Kier molecular flexibility index (Phi) is 6.26. The maximum absolute atomic E-state index is 12.5. The van der Waals surface area contributed by atoms with Crippen molar-refractivity contribution in [1.82, 2.24) is 0 Å².